The fourth-order valence-electron chi connectivity index (χ4n) is 1.64. The van der Waals surface area contributed by atoms with Crippen molar-refractivity contribution >= 4 is 40.1 Å². The van der Waals surface area contributed by atoms with Gasteiger partial charge in [0.05, 0.1) is 5.56 Å². The summed E-state index contributed by atoms with van der Waals surface area (Å²) in [6, 6.07) is 9.17. The summed E-state index contributed by atoms with van der Waals surface area (Å²) in [4.78, 5) is 16.0. The van der Waals surface area contributed by atoms with E-state index >= 15 is 0 Å². The molecule has 0 fully saturated rings. The highest BCUT2D eigenvalue weighted by molar-refractivity contribution is 14.1. The predicted molar refractivity (Wildman–Crippen MR) is 84.4 cm³/mol. The molecular weight excluding hydrogens is 375 g/mol. The highest BCUT2D eigenvalue weighted by atomic mass is 127. The van der Waals surface area contributed by atoms with Crippen LogP contribution in [0.2, 0.25) is 5.02 Å². The Balaban J connectivity index is 1.93. The van der Waals surface area contributed by atoms with E-state index in [4.69, 9.17) is 11.6 Å². The van der Waals surface area contributed by atoms with E-state index in [0.717, 1.165) is 15.6 Å². The Morgan fingerprint density at radius 2 is 2.00 bits per heavy atom. The summed E-state index contributed by atoms with van der Waals surface area (Å²) in [7, 11) is 0. The van der Waals surface area contributed by atoms with Gasteiger partial charge in [-0.15, -0.1) is 0 Å². The SMILES string of the molecule is O=C(NCCc1ccncc1)c1cc(Cl)ccc1I. The van der Waals surface area contributed by atoms with Crippen molar-refractivity contribution in [2.75, 3.05) is 6.54 Å². The Kier molecular flexibility index (Phi) is 5.15. The first-order chi connectivity index (χ1) is 9.16. The van der Waals surface area contributed by atoms with Crippen LogP contribution in [0, 0.1) is 3.57 Å². The van der Waals surface area contributed by atoms with Gasteiger partial charge in [0, 0.05) is 27.5 Å². The molecule has 5 heteroatoms. The Morgan fingerprint density at radius 1 is 1.26 bits per heavy atom. The molecule has 0 aliphatic carbocycles. The van der Waals surface area contributed by atoms with Crippen molar-refractivity contribution in [2.45, 2.75) is 6.42 Å². The molecule has 0 aliphatic rings. The van der Waals surface area contributed by atoms with Crippen molar-refractivity contribution in [2.24, 2.45) is 0 Å². The average molecular weight is 387 g/mol. The molecule has 0 atom stereocenters. The second-order valence-corrected chi connectivity index (χ2v) is 5.58. The molecule has 0 aliphatic heterocycles. The van der Waals surface area contributed by atoms with E-state index in [1.165, 1.54) is 0 Å². The van der Waals surface area contributed by atoms with Crippen molar-refractivity contribution in [1.82, 2.24) is 10.3 Å². The number of carbonyl (C=O) groups excluding carboxylic acids is 1. The lowest BCUT2D eigenvalue weighted by molar-refractivity contribution is 0.0953. The second-order valence-electron chi connectivity index (χ2n) is 3.99. The summed E-state index contributed by atoms with van der Waals surface area (Å²) in [6.07, 6.45) is 4.28. The smallest absolute Gasteiger partial charge is 0.252 e. The van der Waals surface area contributed by atoms with E-state index < -0.39 is 0 Å². The molecule has 0 unspecified atom stereocenters. The minimum Gasteiger partial charge on any atom is -0.352 e. The molecule has 0 spiro atoms. The molecule has 19 heavy (non-hydrogen) atoms. The summed E-state index contributed by atoms with van der Waals surface area (Å²) in [6.45, 7) is 0.589. The molecule has 1 amide bonds. The molecular formula is C14H12ClIN2O. The molecule has 1 N–H and O–H groups in total. The molecule has 0 saturated heterocycles. The third kappa shape index (κ3) is 4.18. The molecule has 3 nitrogen and oxygen atoms in total. The quantitative estimate of drug-likeness (QED) is 0.819. The summed E-state index contributed by atoms with van der Waals surface area (Å²) in [5, 5.41) is 3.46. The van der Waals surface area contributed by atoms with Crippen molar-refractivity contribution in [3.8, 4) is 0 Å². The van der Waals surface area contributed by atoms with E-state index in [-0.39, 0.29) is 5.91 Å². The lowest BCUT2D eigenvalue weighted by atomic mass is 10.2. The van der Waals surface area contributed by atoms with Gasteiger partial charge in [-0.25, -0.2) is 0 Å². The molecule has 98 valence electrons. The zero-order chi connectivity index (χ0) is 13.7. The molecule has 0 bridgehead atoms. The second kappa shape index (κ2) is 6.86. The van der Waals surface area contributed by atoms with Gasteiger partial charge in [0.15, 0.2) is 0 Å². The Bertz CT molecular complexity index is 575. The van der Waals surface area contributed by atoms with Crippen LogP contribution < -0.4 is 5.32 Å². The fourth-order valence-corrected chi connectivity index (χ4v) is 2.39. The van der Waals surface area contributed by atoms with Crippen LogP contribution in [-0.2, 0) is 6.42 Å². The van der Waals surface area contributed by atoms with E-state index in [9.17, 15) is 4.79 Å². The maximum Gasteiger partial charge on any atom is 0.252 e. The van der Waals surface area contributed by atoms with Gasteiger partial charge in [0.25, 0.3) is 5.91 Å². The maximum atomic E-state index is 12.0. The Hall–Kier alpha value is -1.14. The van der Waals surface area contributed by atoms with Crippen molar-refractivity contribution in [3.63, 3.8) is 0 Å². The van der Waals surface area contributed by atoms with Gasteiger partial charge in [-0.3, -0.25) is 9.78 Å². The molecule has 2 rings (SSSR count). The molecule has 1 aromatic heterocycles. The number of nitrogens with zero attached hydrogens (tertiary/aromatic N) is 1. The molecule has 0 radical (unpaired) electrons. The minimum absolute atomic E-state index is 0.0963. The summed E-state index contributed by atoms with van der Waals surface area (Å²) in [5.74, 6) is -0.0963. The average Bonchev–Trinajstić information content (AvgIpc) is 2.42. The first-order valence-electron chi connectivity index (χ1n) is 5.79. The van der Waals surface area contributed by atoms with E-state index in [2.05, 4.69) is 32.9 Å². The predicted octanol–water partition coefficient (Wildman–Crippen LogP) is 3.31. The first kappa shape index (κ1) is 14.3. The number of nitrogens with one attached hydrogen (secondary N) is 1. The van der Waals surface area contributed by atoms with Crippen molar-refractivity contribution in [3.05, 3.63) is 62.4 Å². The van der Waals surface area contributed by atoms with Gasteiger partial charge >= 0.3 is 0 Å². The standard InChI is InChI=1S/C14H12ClIN2O/c15-11-1-2-13(16)12(9-11)14(19)18-8-5-10-3-6-17-7-4-10/h1-4,6-7,9H,5,8H2,(H,18,19). The Labute approximate surface area is 130 Å². The Morgan fingerprint density at radius 3 is 2.74 bits per heavy atom. The zero-order valence-corrected chi connectivity index (χ0v) is 13.0. The molecule has 1 heterocycles. The van der Waals surface area contributed by atoms with Crippen LogP contribution >= 0.6 is 34.2 Å². The van der Waals surface area contributed by atoms with Gasteiger partial charge < -0.3 is 5.32 Å². The van der Waals surface area contributed by atoms with E-state index in [1.807, 2.05) is 18.2 Å². The third-order valence-electron chi connectivity index (χ3n) is 2.62. The number of amides is 1. The highest BCUT2D eigenvalue weighted by Crippen LogP contribution is 2.17. The molecule has 0 saturated carbocycles. The minimum atomic E-state index is -0.0963. The van der Waals surface area contributed by atoms with Crippen LogP contribution in [0.25, 0.3) is 0 Å². The van der Waals surface area contributed by atoms with Gasteiger partial charge in [-0.1, -0.05) is 11.6 Å². The zero-order valence-electron chi connectivity index (χ0n) is 10.1. The largest absolute Gasteiger partial charge is 0.352 e. The summed E-state index contributed by atoms with van der Waals surface area (Å²) >= 11 is 8.03. The van der Waals surface area contributed by atoms with Crippen LogP contribution in [0.15, 0.2) is 42.7 Å². The number of carbonyl (C=O) groups is 1. The number of pyridine rings is 1. The van der Waals surface area contributed by atoms with Crippen LogP contribution in [0.4, 0.5) is 0 Å². The van der Waals surface area contributed by atoms with Crippen LogP contribution in [0.5, 0.6) is 0 Å². The lowest BCUT2D eigenvalue weighted by Crippen LogP contribution is -2.26. The number of rotatable bonds is 4. The normalized spacial score (nSPS) is 10.2. The highest BCUT2D eigenvalue weighted by Gasteiger charge is 2.09. The first-order valence-corrected chi connectivity index (χ1v) is 7.24. The number of hydrogen-bond donors (Lipinski definition) is 1. The number of hydrogen-bond acceptors (Lipinski definition) is 2. The molecule has 1 aromatic carbocycles. The van der Waals surface area contributed by atoms with Gasteiger partial charge in [0.1, 0.15) is 0 Å². The number of halogens is 2. The van der Waals surface area contributed by atoms with Gasteiger partial charge in [0.2, 0.25) is 0 Å². The van der Waals surface area contributed by atoms with Crippen molar-refractivity contribution < 1.29 is 4.79 Å². The van der Waals surface area contributed by atoms with E-state index in [1.54, 1.807) is 24.5 Å². The number of aromatic nitrogens is 1. The van der Waals surface area contributed by atoms with Crippen LogP contribution in [-0.4, -0.2) is 17.4 Å². The monoisotopic (exact) mass is 386 g/mol. The summed E-state index contributed by atoms with van der Waals surface area (Å²) in [5.41, 5.74) is 1.76. The van der Waals surface area contributed by atoms with Crippen LogP contribution in [0.3, 0.4) is 0 Å². The topological polar surface area (TPSA) is 42.0 Å². The third-order valence-corrected chi connectivity index (χ3v) is 3.80. The molecule has 2 aromatic rings. The fraction of sp³-hybridized carbons (Fsp3) is 0.143. The van der Waals surface area contributed by atoms with Gasteiger partial charge in [-0.2, -0.15) is 0 Å². The van der Waals surface area contributed by atoms with Gasteiger partial charge in [-0.05, 0) is 64.9 Å². The maximum absolute atomic E-state index is 12.0. The van der Waals surface area contributed by atoms with Crippen molar-refractivity contribution in [1.29, 1.82) is 0 Å². The van der Waals surface area contributed by atoms with E-state index in [0.29, 0.717) is 17.1 Å². The number of benzene rings is 1. The summed E-state index contributed by atoms with van der Waals surface area (Å²) < 4.78 is 0.892. The van der Waals surface area contributed by atoms with Crippen LogP contribution in [0.1, 0.15) is 15.9 Å². The lowest BCUT2D eigenvalue weighted by Gasteiger charge is -2.07.